The summed E-state index contributed by atoms with van der Waals surface area (Å²) in [6, 6.07) is 19.5. The van der Waals surface area contributed by atoms with Crippen LogP contribution in [0.2, 0.25) is 0 Å². The van der Waals surface area contributed by atoms with E-state index in [1.165, 1.54) is 25.2 Å². The maximum atomic E-state index is 13.4. The number of nitrogens with one attached hydrogen (secondary N) is 3. The summed E-state index contributed by atoms with van der Waals surface area (Å²) in [5.74, 6) is -0.835. The van der Waals surface area contributed by atoms with E-state index in [-0.39, 0.29) is 30.2 Å². The molecule has 0 saturated carbocycles. The van der Waals surface area contributed by atoms with Gasteiger partial charge in [-0.3, -0.25) is 9.10 Å². The van der Waals surface area contributed by atoms with Gasteiger partial charge in [-0.1, -0.05) is 42.5 Å². The van der Waals surface area contributed by atoms with Crippen molar-refractivity contribution in [1.29, 1.82) is 0 Å². The first-order valence-electron chi connectivity index (χ1n) is 14.5. The Labute approximate surface area is 265 Å². The van der Waals surface area contributed by atoms with Crippen LogP contribution in [0.15, 0.2) is 72.8 Å². The van der Waals surface area contributed by atoms with Crippen LogP contribution in [0.1, 0.15) is 60.8 Å². The Kier molecular flexibility index (Phi) is 11.7. The van der Waals surface area contributed by atoms with Crippen molar-refractivity contribution in [2.24, 2.45) is 0 Å². The van der Waals surface area contributed by atoms with Crippen LogP contribution < -0.4 is 20.3 Å². The molecule has 244 valence electrons. The lowest BCUT2D eigenvalue weighted by Crippen LogP contribution is -2.59. The molecule has 0 heterocycles. The molecule has 0 aromatic heterocycles. The highest BCUT2D eigenvalue weighted by molar-refractivity contribution is 7.92. The summed E-state index contributed by atoms with van der Waals surface area (Å²) in [5, 5.41) is 19.5. The van der Waals surface area contributed by atoms with Crippen LogP contribution in [0, 0.1) is 5.82 Å². The van der Waals surface area contributed by atoms with Crippen molar-refractivity contribution in [2.75, 3.05) is 30.8 Å². The van der Waals surface area contributed by atoms with Crippen LogP contribution in [-0.2, 0) is 27.7 Å². The van der Waals surface area contributed by atoms with Crippen LogP contribution in [-0.4, -0.2) is 63.1 Å². The van der Waals surface area contributed by atoms with E-state index in [1.807, 2.05) is 30.3 Å². The van der Waals surface area contributed by atoms with Gasteiger partial charge in [-0.15, -0.1) is 0 Å². The molecule has 3 aromatic rings. The van der Waals surface area contributed by atoms with E-state index in [2.05, 4.69) is 16.0 Å². The van der Waals surface area contributed by atoms with Gasteiger partial charge in [0.2, 0.25) is 10.0 Å². The zero-order chi connectivity index (χ0) is 33.4. The van der Waals surface area contributed by atoms with E-state index in [0.29, 0.717) is 17.5 Å². The smallest absolute Gasteiger partial charge is 0.408 e. The summed E-state index contributed by atoms with van der Waals surface area (Å²) in [6.07, 6.45) is 0.679. The Bertz CT molecular complexity index is 1560. The average Bonchev–Trinajstić information content (AvgIpc) is 2.95. The number of benzene rings is 3. The zero-order valence-electron chi connectivity index (χ0n) is 26.6. The molecule has 2 unspecified atom stereocenters. The third-order valence-corrected chi connectivity index (χ3v) is 8.27. The van der Waals surface area contributed by atoms with E-state index in [1.54, 1.807) is 52.0 Å². The lowest BCUT2D eigenvalue weighted by atomic mass is 9.91. The van der Waals surface area contributed by atoms with Crippen molar-refractivity contribution < 1.29 is 32.2 Å². The highest BCUT2D eigenvalue weighted by atomic mass is 32.2. The molecule has 0 saturated heterocycles. The standard InChI is InChI=1S/C33H43FN4O6S/c1-23(26-12-14-28(34)15-13-26)36-30(40)27-16-25(17-29(18-27)38(5)45(6,42)43)20-35-21-33(22-39,19-24-10-8-7-9-11-24)37-31(41)44-32(2,3)4/h7-18,23,35,39H,19-22H2,1-6H3,(H,36,40)(H,37,41). The molecule has 0 fully saturated rings. The number of rotatable bonds is 13. The van der Waals surface area contributed by atoms with Gasteiger partial charge >= 0.3 is 6.09 Å². The minimum Gasteiger partial charge on any atom is -0.444 e. The molecule has 2 amide bonds. The first-order chi connectivity index (χ1) is 21.0. The summed E-state index contributed by atoms with van der Waals surface area (Å²) in [4.78, 5) is 26.1. The molecule has 2 atom stereocenters. The van der Waals surface area contributed by atoms with Crippen LogP contribution in [0.3, 0.4) is 0 Å². The number of hydrogen-bond acceptors (Lipinski definition) is 7. The van der Waals surface area contributed by atoms with Gasteiger partial charge in [-0.2, -0.15) is 0 Å². The van der Waals surface area contributed by atoms with Crippen molar-refractivity contribution in [3.63, 3.8) is 0 Å². The predicted molar refractivity (Wildman–Crippen MR) is 173 cm³/mol. The van der Waals surface area contributed by atoms with Crippen molar-refractivity contribution in [2.45, 2.75) is 57.8 Å². The van der Waals surface area contributed by atoms with Gasteiger partial charge in [0.25, 0.3) is 5.91 Å². The molecule has 10 nitrogen and oxygen atoms in total. The topological polar surface area (TPSA) is 137 Å². The SMILES string of the molecule is CC(NC(=O)c1cc(CNCC(CO)(Cc2ccccc2)NC(=O)OC(C)(C)C)cc(N(C)S(C)(=O)=O)c1)c1ccc(F)cc1. The largest absolute Gasteiger partial charge is 0.444 e. The van der Waals surface area contributed by atoms with Crippen molar-refractivity contribution in [1.82, 2.24) is 16.0 Å². The Morgan fingerprint density at radius 1 is 1.00 bits per heavy atom. The Hall–Kier alpha value is -4.00. The number of hydrogen-bond donors (Lipinski definition) is 4. The molecule has 0 bridgehead atoms. The predicted octanol–water partition coefficient (Wildman–Crippen LogP) is 4.30. The fraction of sp³-hybridized carbons (Fsp3) is 0.394. The fourth-order valence-electron chi connectivity index (χ4n) is 4.65. The third kappa shape index (κ3) is 10.8. The molecule has 0 aliphatic rings. The number of sulfonamides is 1. The number of ether oxygens (including phenoxy) is 1. The number of anilines is 1. The molecule has 0 aliphatic carbocycles. The molecule has 12 heteroatoms. The van der Waals surface area contributed by atoms with E-state index < -0.39 is 45.8 Å². The van der Waals surface area contributed by atoms with E-state index in [9.17, 15) is 27.5 Å². The quantitative estimate of drug-likeness (QED) is 0.218. The molecule has 3 aromatic carbocycles. The highest BCUT2D eigenvalue weighted by Crippen LogP contribution is 2.23. The lowest BCUT2D eigenvalue weighted by Gasteiger charge is -2.34. The average molecular weight is 643 g/mol. The number of carbonyl (C=O) groups excluding carboxylic acids is 2. The normalized spacial score (nSPS) is 13.8. The molecule has 0 radical (unpaired) electrons. The van der Waals surface area contributed by atoms with E-state index >= 15 is 0 Å². The second-order valence-corrected chi connectivity index (χ2v) is 14.2. The van der Waals surface area contributed by atoms with Gasteiger partial charge in [0.15, 0.2) is 0 Å². The molecule has 3 rings (SSSR count). The first-order valence-corrected chi connectivity index (χ1v) is 16.4. The number of amides is 2. The summed E-state index contributed by atoms with van der Waals surface area (Å²) >= 11 is 0. The summed E-state index contributed by atoms with van der Waals surface area (Å²) in [7, 11) is -2.25. The Morgan fingerprint density at radius 3 is 2.22 bits per heavy atom. The van der Waals surface area contributed by atoms with Gasteiger partial charge in [0, 0.05) is 25.7 Å². The van der Waals surface area contributed by atoms with Gasteiger partial charge < -0.3 is 25.8 Å². The van der Waals surface area contributed by atoms with Gasteiger partial charge in [0.1, 0.15) is 11.4 Å². The van der Waals surface area contributed by atoms with Crippen LogP contribution in [0.25, 0.3) is 0 Å². The van der Waals surface area contributed by atoms with Crippen molar-refractivity contribution in [3.05, 3.63) is 101 Å². The van der Waals surface area contributed by atoms with Gasteiger partial charge in [0.05, 0.1) is 30.1 Å². The zero-order valence-corrected chi connectivity index (χ0v) is 27.4. The molecule has 4 N–H and O–H groups in total. The molecule has 0 aliphatic heterocycles. The Balaban J connectivity index is 1.87. The van der Waals surface area contributed by atoms with Crippen LogP contribution in [0.4, 0.5) is 14.9 Å². The maximum absolute atomic E-state index is 13.4. The van der Waals surface area contributed by atoms with Gasteiger partial charge in [-0.25, -0.2) is 17.6 Å². The molecular formula is C33H43FN4O6S. The monoisotopic (exact) mass is 642 g/mol. The van der Waals surface area contributed by atoms with Crippen molar-refractivity contribution >= 4 is 27.7 Å². The second kappa shape index (κ2) is 14.9. The molecular weight excluding hydrogens is 599 g/mol. The number of carbonyl (C=O) groups is 2. The summed E-state index contributed by atoms with van der Waals surface area (Å²) in [6.45, 7) is 6.89. The molecule has 45 heavy (non-hydrogen) atoms. The van der Waals surface area contributed by atoms with Crippen LogP contribution in [0.5, 0.6) is 0 Å². The van der Waals surface area contributed by atoms with Crippen LogP contribution >= 0.6 is 0 Å². The number of aliphatic hydroxyl groups excluding tert-OH is 1. The lowest BCUT2D eigenvalue weighted by molar-refractivity contribution is 0.0395. The van der Waals surface area contributed by atoms with E-state index in [0.717, 1.165) is 16.1 Å². The summed E-state index contributed by atoms with van der Waals surface area (Å²) < 4.78 is 44.7. The molecule has 0 spiro atoms. The maximum Gasteiger partial charge on any atom is 0.408 e. The van der Waals surface area contributed by atoms with Crippen molar-refractivity contribution in [3.8, 4) is 0 Å². The minimum absolute atomic E-state index is 0.118. The third-order valence-electron chi connectivity index (χ3n) is 7.07. The fourth-order valence-corrected chi connectivity index (χ4v) is 5.14. The number of aliphatic hydroxyl groups is 1. The first kappa shape index (κ1) is 35.5. The number of alkyl carbamates (subject to hydrolysis) is 1. The minimum atomic E-state index is -3.64. The second-order valence-electron chi connectivity index (χ2n) is 12.2. The Morgan fingerprint density at radius 2 is 1.64 bits per heavy atom. The van der Waals surface area contributed by atoms with Gasteiger partial charge in [-0.05, 0) is 81.1 Å². The summed E-state index contributed by atoms with van der Waals surface area (Å²) in [5.41, 5.74) is 0.784. The van der Waals surface area contributed by atoms with E-state index in [4.69, 9.17) is 4.74 Å². The number of halogens is 1. The number of nitrogens with zero attached hydrogens (tertiary/aromatic N) is 1. The highest BCUT2D eigenvalue weighted by Gasteiger charge is 2.33.